The number of hydrogen-bond acceptors (Lipinski definition) is 2. The molecule has 4 nitrogen and oxygen atoms in total. The van der Waals surface area contributed by atoms with Gasteiger partial charge in [-0.1, -0.05) is 12.1 Å². The van der Waals surface area contributed by atoms with Gasteiger partial charge < -0.3 is 10.2 Å². The van der Waals surface area contributed by atoms with E-state index in [0.29, 0.717) is 12.1 Å². The second kappa shape index (κ2) is 6.39. The van der Waals surface area contributed by atoms with Crippen molar-refractivity contribution in [3.63, 3.8) is 0 Å². The Morgan fingerprint density at radius 2 is 2.15 bits per heavy atom. The number of benzene rings is 1. The van der Waals surface area contributed by atoms with Crippen LogP contribution in [-0.2, 0) is 4.79 Å². The summed E-state index contributed by atoms with van der Waals surface area (Å²) in [6.45, 7) is 4.81. The minimum atomic E-state index is -0.0407. The van der Waals surface area contributed by atoms with E-state index in [0.717, 1.165) is 29.4 Å². The fraction of sp³-hybridized carbons (Fsp3) is 0.467. The number of nitrogens with one attached hydrogen (secondary N) is 1. The Bertz CT molecular complexity index is 531. The highest BCUT2D eigenvalue weighted by atomic mass is 79.9. The molecule has 20 heavy (non-hydrogen) atoms. The number of nitrogens with zero attached hydrogens (tertiary/aromatic N) is 1. The van der Waals surface area contributed by atoms with Gasteiger partial charge >= 0.3 is 0 Å². The van der Waals surface area contributed by atoms with Crippen LogP contribution >= 0.6 is 15.9 Å². The molecule has 1 aliphatic rings. The molecular weight excluding hydrogens is 320 g/mol. The van der Waals surface area contributed by atoms with Crippen LogP contribution in [0.25, 0.3) is 0 Å². The van der Waals surface area contributed by atoms with E-state index >= 15 is 0 Å². The number of carbonyl (C=O) groups is 2. The molecular formula is C15H19BrN2O2. The van der Waals surface area contributed by atoms with E-state index in [2.05, 4.69) is 21.2 Å². The van der Waals surface area contributed by atoms with Crippen molar-refractivity contribution in [3.05, 3.63) is 33.8 Å². The molecule has 1 unspecified atom stereocenters. The van der Waals surface area contributed by atoms with Crippen LogP contribution in [0.4, 0.5) is 0 Å². The van der Waals surface area contributed by atoms with Crippen molar-refractivity contribution in [1.29, 1.82) is 0 Å². The Morgan fingerprint density at radius 1 is 1.40 bits per heavy atom. The summed E-state index contributed by atoms with van der Waals surface area (Å²) in [6, 6.07) is 5.76. The lowest BCUT2D eigenvalue weighted by Gasteiger charge is -2.33. The maximum Gasteiger partial charge on any atom is 0.255 e. The number of rotatable bonds is 2. The molecule has 1 heterocycles. The summed E-state index contributed by atoms with van der Waals surface area (Å²) in [4.78, 5) is 25.5. The third-order valence-corrected chi connectivity index (χ3v) is 4.59. The molecule has 0 saturated carbocycles. The van der Waals surface area contributed by atoms with E-state index in [1.807, 2.05) is 30.0 Å². The monoisotopic (exact) mass is 338 g/mol. The summed E-state index contributed by atoms with van der Waals surface area (Å²) < 4.78 is 0.853. The van der Waals surface area contributed by atoms with Crippen LogP contribution in [0, 0.1) is 6.92 Å². The molecule has 0 aromatic heterocycles. The Hall–Kier alpha value is -1.36. The highest BCUT2D eigenvalue weighted by molar-refractivity contribution is 9.10. The Morgan fingerprint density at radius 3 is 2.85 bits per heavy atom. The topological polar surface area (TPSA) is 49.4 Å². The fourth-order valence-electron chi connectivity index (χ4n) is 2.55. The van der Waals surface area contributed by atoms with Gasteiger partial charge in [-0.15, -0.1) is 0 Å². The van der Waals surface area contributed by atoms with Crippen LogP contribution in [-0.4, -0.2) is 35.8 Å². The third kappa shape index (κ3) is 3.39. The average molecular weight is 339 g/mol. The van der Waals surface area contributed by atoms with Gasteiger partial charge in [0.2, 0.25) is 5.91 Å². The molecule has 1 fully saturated rings. The van der Waals surface area contributed by atoms with Crippen LogP contribution in [0.2, 0.25) is 0 Å². The maximum atomic E-state index is 12.6. The molecule has 1 N–H and O–H groups in total. The number of amides is 2. The average Bonchev–Trinajstić information content (AvgIpc) is 2.41. The van der Waals surface area contributed by atoms with Crippen LogP contribution in [0.3, 0.4) is 0 Å². The quantitative estimate of drug-likeness (QED) is 0.900. The molecule has 5 heteroatoms. The van der Waals surface area contributed by atoms with Crippen molar-refractivity contribution in [3.8, 4) is 0 Å². The zero-order chi connectivity index (χ0) is 14.7. The minimum absolute atomic E-state index is 0.0237. The Labute approximate surface area is 127 Å². The number of piperidine rings is 1. The molecule has 0 bridgehead atoms. The molecule has 0 radical (unpaired) electrons. The zero-order valence-corrected chi connectivity index (χ0v) is 13.4. The smallest absolute Gasteiger partial charge is 0.255 e. The van der Waals surface area contributed by atoms with Crippen molar-refractivity contribution in [2.24, 2.45) is 0 Å². The lowest BCUT2D eigenvalue weighted by atomic mass is 10.0. The maximum absolute atomic E-state index is 12.6. The fourth-order valence-corrected chi connectivity index (χ4v) is 2.98. The van der Waals surface area contributed by atoms with Crippen LogP contribution in [0.15, 0.2) is 22.7 Å². The lowest BCUT2D eigenvalue weighted by Crippen LogP contribution is -2.49. The molecule has 2 rings (SSSR count). The number of hydrogen-bond donors (Lipinski definition) is 1. The molecule has 1 aromatic carbocycles. The number of likely N-dealkylation sites (tertiary alicyclic amines) is 1. The van der Waals surface area contributed by atoms with Gasteiger partial charge in [0, 0.05) is 30.5 Å². The van der Waals surface area contributed by atoms with Crippen LogP contribution < -0.4 is 5.32 Å². The first-order chi connectivity index (χ1) is 9.49. The van der Waals surface area contributed by atoms with Gasteiger partial charge in [-0.3, -0.25) is 9.59 Å². The highest BCUT2D eigenvalue weighted by Gasteiger charge is 2.26. The number of carbonyl (C=O) groups excluding carboxylic acids is 2. The minimum Gasteiger partial charge on any atom is -0.352 e. The molecule has 2 amide bonds. The highest BCUT2D eigenvalue weighted by Crippen LogP contribution is 2.23. The first-order valence-electron chi connectivity index (χ1n) is 6.80. The number of halogens is 1. The van der Waals surface area contributed by atoms with Gasteiger partial charge in [-0.2, -0.15) is 0 Å². The van der Waals surface area contributed by atoms with Gasteiger partial charge in [0.25, 0.3) is 5.91 Å². The van der Waals surface area contributed by atoms with E-state index in [9.17, 15) is 9.59 Å². The SMILES string of the molecule is CC(=O)NC1CCCN(C(=O)c2cccc(C)c2Br)C1. The van der Waals surface area contributed by atoms with Crippen molar-refractivity contribution in [2.45, 2.75) is 32.7 Å². The van der Waals surface area contributed by atoms with Gasteiger partial charge in [0.05, 0.1) is 5.56 Å². The molecule has 1 atom stereocenters. The molecule has 0 aliphatic carbocycles. The predicted molar refractivity (Wildman–Crippen MR) is 81.6 cm³/mol. The molecule has 0 spiro atoms. The number of aryl methyl sites for hydroxylation is 1. The molecule has 1 aromatic rings. The summed E-state index contributed by atoms with van der Waals surface area (Å²) in [7, 11) is 0. The van der Waals surface area contributed by atoms with Crippen LogP contribution in [0.5, 0.6) is 0 Å². The lowest BCUT2D eigenvalue weighted by molar-refractivity contribution is -0.120. The van der Waals surface area contributed by atoms with Crippen LogP contribution in [0.1, 0.15) is 35.7 Å². The summed E-state index contributed by atoms with van der Waals surface area (Å²) in [6.07, 6.45) is 1.85. The normalized spacial score (nSPS) is 18.8. The van der Waals surface area contributed by atoms with Gasteiger partial charge in [-0.25, -0.2) is 0 Å². The van der Waals surface area contributed by atoms with E-state index in [1.165, 1.54) is 6.92 Å². The summed E-state index contributed by atoms with van der Waals surface area (Å²) in [5.74, 6) is -0.0170. The molecule has 108 valence electrons. The third-order valence-electron chi connectivity index (χ3n) is 3.54. The molecule has 1 saturated heterocycles. The molecule has 1 aliphatic heterocycles. The van der Waals surface area contributed by atoms with E-state index < -0.39 is 0 Å². The zero-order valence-electron chi connectivity index (χ0n) is 11.8. The van der Waals surface area contributed by atoms with Crippen molar-refractivity contribution in [2.75, 3.05) is 13.1 Å². The summed E-state index contributed by atoms with van der Waals surface area (Å²) >= 11 is 3.49. The van der Waals surface area contributed by atoms with Gasteiger partial charge in [0.15, 0.2) is 0 Å². The van der Waals surface area contributed by atoms with Gasteiger partial charge in [0.1, 0.15) is 0 Å². The summed E-state index contributed by atoms with van der Waals surface area (Å²) in [5.41, 5.74) is 1.74. The van der Waals surface area contributed by atoms with Crippen molar-refractivity contribution >= 4 is 27.7 Å². The van der Waals surface area contributed by atoms with Crippen molar-refractivity contribution in [1.82, 2.24) is 10.2 Å². The van der Waals surface area contributed by atoms with E-state index in [1.54, 1.807) is 0 Å². The summed E-state index contributed by atoms with van der Waals surface area (Å²) in [5, 5.41) is 2.90. The second-order valence-corrected chi connectivity index (χ2v) is 6.02. The second-order valence-electron chi connectivity index (χ2n) is 5.23. The first-order valence-corrected chi connectivity index (χ1v) is 7.60. The Kier molecular flexibility index (Phi) is 4.81. The van der Waals surface area contributed by atoms with Gasteiger partial charge in [-0.05, 0) is 47.3 Å². The van der Waals surface area contributed by atoms with E-state index in [4.69, 9.17) is 0 Å². The Balaban J connectivity index is 2.12. The standard InChI is InChI=1S/C15H19BrN2O2/c1-10-5-3-7-13(14(10)16)15(20)18-8-4-6-12(9-18)17-11(2)19/h3,5,7,12H,4,6,8-9H2,1-2H3,(H,17,19). The predicted octanol–water partition coefficient (Wildman–Crippen LogP) is 2.50. The van der Waals surface area contributed by atoms with Crippen molar-refractivity contribution < 1.29 is 9.59 Å². The first kappa shape index (κ1) is 15.0. The van der Waals surface area contributed by atoms with E-state index in [-0.39, 0.29) is 17.9 Å². The largest absolute Gasteiger partial charge is 0.352 e.